The van der Waals surface area contributed by atoms with E-state index in [1.165, 1.54) is 0 Å². The monoisotopic (exact) mass is 275 g/mol. The van der Waals surface area contributed by atoms with Crippen molar-refractivity contribution in [2.75, 3.05) is 37.9 Å². The van der Waals surface area contributed by atoms with Crippen LogP contribution in [0.2, 0.25) is 0 Å². The van der Waals surface area contributed by atoms with Crippen LogP contribution in [0.3, 0.4) is 0 Å². The Morgan fingerprint density at radius 3 is 2.38 bits per heavy atom. The quantitative estimate of drug-likeness (QED) is 0.394. The van der Waals surface area contributed by atoms with Crippen molar-refractivity contribution >= 4 is 18.1 Å². The normalized spacial score (nSPS) is 13.9. The molecule has 0 aliphatic carbocycles. The van der Waals surface area contributed by atoms with Crippen LogP contribution in [-0.4, -0.2) is 51.4 Å². The van der Waals surface area contributed by atoms with Crippen LogP contribution in [-0.2, 0) is 23.4 Å². The number of aliphatic hydroxyl groups is 1. The summed E-state index contributed by atoms with van der Waals surface area (Å²) in [4.78, 5) is 0. The molecule has 0 aliphatic rings. The van der Waals surface area contributed by atoms with E-state index >= 15 is 0 Å². The van der Waals surface area contributed by atoms with Gasteiger partial charge in [-0.15, -0.1) is 0 Å². The largest absolute Gasteiger partial charge is 0.395 e. The van der Waals surface area contributed by atoms with Gasteiger partial charge in [0, 0.05) is 0 Å². The van der Waals surface area contributed by atoms with Crippen molar-refractivity contribution < 1.29 is 27.1 Å². The van der Waals surface area contributed by atoms with Crippen LogP contribution in [0.25, 0.3) is 0 Å². The van der Waals surface area contributed by atoms with Crippen LogP contribution >= 0.6 is 8.25 Å². The first-order chi connectivity index (χ1) is 7.52. The summed E-state index contributed by atoms with van der Waals surface area (Å²) in [6, 6.07) is 0. The van der Waals surface area contributed by atoms with Gasteiger partial charge < -0.3 is 19.9 Å². The van der Waals surface area contributed by atoms with E-state index in [-0.39, 0.29) is 24.7 Å². The molecule has 0 spiro atoms. The highest BCUT2D eigenvalue weighted by Crippen LogP contribution is 2.23. The molecular weight excluding hydrogens is 257 g/mol. The average Bonchev–Trinajstić information content (AvgIpc) is 2.17. The summed E-state index contributed by atoms with van der Waals surface area (Å²) in [6.07, 6.45) is 0.572. The Morgan fingerprint density at radius 2 is 1.81 bits per heavy atom. The summed E-state index contributed by atoms with van der Waals surface area (Å²) in [6.45, 7) is 0.0466. The summed E-state index contributed by atoms with van der Waals surface area (Å²) < 4.78 is 42.6. The molecule has 9 heteroatoms. The lowest BCUT2D eigenvalue weighted by Crippen LogP contribution is -2.16. The van der Waals surface area contributed by atoms with Crippen molar-refractivity contribution in [1.29, 1.82) is 0 Å². The molecule has 0 heterocycles. The Kier molecular flexibility index (Phi) is 9.10. The van der Waals surface area contributed by atoms with Gasteiger partial charge in [-0.25, -0.2) is 8.42 Å². The topological polar surface area (TPSA) is 116 Å². The second kappa shape index (κ2) is 9.09. The van der Waals surface area contributed by atoms with Gasteiger partial charge in [0.2, 0.25) is 0 Å². The fourth-order valence-electron chi connectivity index (χ4n) is 0.774. The molecule has 0 aliphatic heterocycles. The Labute approximate surface area is 95.8 Å². The number of sulfone groups is 1. The first-order valence-electron chi connectivity index (χ1n) is 4.82. The minimum Gasteiger partial charge on any atom is -0.395 e. The van der Waals surface area contributed by atoms with Crippen molar-refractivity contribution in [3.63, 3.8) is 0 Å². The van der Waals surface area contributed by atoms with Gasteiger partial charge in [0.05, 0.1) is 31.3 Å². The molecule has 0 aromatic rings. The highest BCUT2D eigenvalue weighted by molar-refractivity contribution is 7.91. The third-order valence-electron chi connectivity index (χ3n) is 1.58. The van der Waals surface area contributed by atoms with E-state index in [1.54, 1.807) is 0 Å². The van der Waals surface area contributed by atoms with Crippen molar-refractivity contribution in [2.24, 2.45) is 5.73 Å². The van der Waals surface area contributed by atoms with E-state index in [2.05, 4.69) is 0 Å². The third-order valence-corrected chi connectivity index (χ3v) is 4.06. The van der Waals surface area contributed by atoms with Gasteiger partial charge in [-0.3, -0.25) is 4.57 Å². The molecular formula is C7H18NO6PS. The molecule has 0 saturated carbocycles. The fourth-order valence-corrected chi connectivity index (χ4v) is 2.40. The van der Waals surface area contributed by atoms with Gasteiger partial charge in [-0.1, -0.05) is 0 Å². The maximum absolute atomic E-state index is 11.1. The number of rotatable bonds is 10. The van der Waals surface area contributed by atoms with Crippen LogP contribution in [0, 0.1) is 0 Å². The van der Waals surface area contributed by atoms with Crippen LogP contribution in [0.4, 0.5) is 0 Å². The lowest BCUT2D eigenvalue weighted by Gasteiger charge is -2.05. The standard InChI is InChI=1S/C7H18NO6PS/c8-2-1-4-13-15(10)14-5-7-16(11,12)6-3-9/h9,15H,1-8H2. The number of nitrogens with two attached hydrogens (primary N) is 1. The van der Waals surface area contributed by atoms with Gasteiger partial charge >= 0.3 is 8.25 Å². The number of aliphatic hydroxyl groups excluding tert-OH is 1. The number of hydrogen-bond donors (Lipinski definition) is 2. The molecule has 0 fully saturated rings. The fraction of sp³-hybridized carbons (Fsp3) is 1.00. The lowest BCUT2D eigenvalue weighted by molar-refractivity contribution is 0.233. The Bertz CT molecular complexity index is 293. The minimum atomic E-state index is -3.33. The van der Waals surface area contributed by atoms with Gasteiger partial charge in [0.25, 0.3) is 0 Å². The Hall–Kier alpha value is 0.0200. The highest BCUT2D eigenvalue weighted by atomic mass is 32.2. The highest BCUT2D eigenvalue weighted by Gasteiger charge is 2.10. The van der Waals surface area contributed by atoms with E-state index < -0.39 is 24.7 Å². The van der Waals surface area contributed by atoms with Crippen LogP contribution in [0.1, 0.15) is 6.42 Å². The van der Waals surface area contributed by atoms with E-state index in [4.69, 9.17) is 19.9 Å². The SMILES string of the molecule is NCCCO[PH](=O)OCCS(=O)(=O)CCO. The summed E-state index contributed by atoms with van der Waals surface area (Å²) in [5, 5.41) is 8.44. The van der Waals surface area contributed by atoms with E-state index in [0.717, 1.165) is 0 Å². The zero-order valence-corrected chi connectivity index (χ0v) is 10.7. The molecule has 0 rings (SSSR count). The van der Waals surface area contributed by atoms with E-state index in [9.17, 15) is 13.0 Å². The minimum absolute atomic E-state index is 0.192. The second-order valence-electron chi connectivity index (χ2n) is 2.96. The third kappa shape index (κ3) is 9.26. The van der Waals surface area contributed by atoms with E-state index in [0.29, 0.717) is 13.0 Å². The molecule has 1 unspecified atom stereocenters. The first kappa shape index (κ1) is 16.0. The van der Waals surface area contributed by atoms with E-state index in [1.807, 2.05) is 0 Å². The molecule has 0 aromatic heterocycles. The maximum atomic E-state index is 11.1. The van der Waals surface area contributed by atoms with Crippen molar-refractivity contribution in [3.8, 4) is 0 Å². The summed E-state index contributed by atoms with van der Waals surface area (Å²) in [7, 11) is -5.96. The van der Waals surface area contributed by atoms with Crippen molar-refractivity contribution in [3.05, 3.63) is 0 Å². The molecule has 0 saturated heterocycles. The zero-order chi connectivity index (χ0) is 12.4. The van der Waals surface area contributed by atoms with Gasteiger partial charge in [0.1, 0.15) is 0 Å². The Balaban J connectivity index is 3.61. The lowest BCUT2D eigenvalue weighted by atomic mass is 10.5. The predicted molar refractivity (Wildman–Crippen MR) is 60.3 cm³/mol. The summed E-state index contributed by atoms with van der Waals surface area (Å²) in [5.74, 6) is -0.588. The van der Waals surface area contributed by atoms with Crippen LogP contribution < -0.4 is 5.73 Å². The smallest absolute Gasteiger partial charge is 0.319 e. The molecule has 3 N–H and O–H groups in total. The molecule has 0 aromatic carbocycles. The summed E-state index contributed by atoms with van der Waals surface area (Å²) >= 11 is 0. The molecule has 16 heavy (non-hydrogen) atoms. The van der Waals surface area contributed by atoms with Gasteiger partial charge in [-0.2, -0.15) is 0 Å². The molecule has 0 bridgehead atoms. The van der Waals surface area contributed by atoms with Gasteiger partial charge in [0.15, 0.2) is 9.84 Å². The van der Waals surface area contributed by atoms with Crippen LogP contribution in [0.5, 0.6) is 0 Å². The average molecular weight is 275 g/mol. The zero-order valence-electron chi connectivity index (χ0n) is 8.92. The molecule has 98 valence electrons. The first-order valence-corrected chi connectivity index (χ1v) is 7.87. The summed E-state index contributed by atoms with van der Waals surface area (Å²) in [5.41, 5.74) is 5.19. The Morgan fingerprint density at radius 1 is 1.19 bits per heavy atom. The van der Waals surface area contributed by atoms with Gasteiger partial charge in [-0.05, 0) is 13.0 Å². The molecule has 0 amide bonds. The van der Waals surface area contributed by atoms with Crippen LogP contribution in [0.15, 0.2) is 0 Å². The molecule has 7 nitrogen and oxygen atoms in total. The predicted octanol–water partition coefficient (Wildman–Crippen LogP) is -0.835. The van der Waals surface area contributed by atoms with Crippen molar-refractivity contribution in [1.82, 2.24) is 0 Å². The number of hydrogen-bond acceptors (Lipinski definition) is 7. The maximum Gasteiger partial charge on any atom is 0.319 e. The molecule has 0 radical (unpaired) electrons. The second-order valence-corrected chi connectivity index (χ2v) is 6.35. The van der Waals surface area contributed by atoms with Crippen molar-refractivity contribution in [2.45, 2.75) is 6.42 Å². The molecule has 1 atom stereocenters.